The molecule has 3 aromatic rings. The van der Waals surface area contributed by atoms with Crippen LogP contribution in [0.25, 0.3) is 10.6 Å². The second-order valence-electron chi connectivity index (χ2n) is 5.32. The van der Waals surface area contributed by atoms with E-state index in [-0.39, 0.29) is 11.9 Å². The van der Waals surface area contributed by atoms with Gasteiger partial charge in [-0.1, -0.05) is 12.1 Å². The number of thiophene rings is 1. The summed E-state index contributed by atoms with van der Waals surface area (Å²) in [6, 6.07) is 8.94. The number of hydrogen-bond donors (Lipinski definition) is 1. The van der Waals surface area contributed by atoms with Crippen molar-refractivity contribution in [3.05, 3.63) is 62.8 Å². The summed E-state index contributed by atoms with van der Waals surface area (Å²) in [6.07, 6.45) is 0. The number of aryl methyl sites for hydroxylation is 1. The molecule has 0 saturated heterocycles. The fraction of sp³-hybridized carbons (Fsp3) is 0.167. The number of thiazole rings is 1. The van der Waals surface area contributed by atoms with Gasteiger partial charge in [-0.05, 0) is 36.1 Å². The third-order valence-electron chi connectivity index (χ3n) is 3.60. The number of benzene rings is 1. The van der Waals surface area contributed by atoms with Crippen molar-refractivity contribution in [1.29, 1.82) is 0 Å². The average molecular weight is 372 g/mol. The first-order valence-electron chi connectivity index (χ1n) is 7.54. The molecule has 0 aliphatic rings. The summed E-state index contributed by atoms with van der Waals surface area (Å²) >= 11 is 3.00. The quantitative estimate of drug-likeness (QED) is 0.690. The van der Waals surface area contributed by atoms with E-state index in [9.17, 15) is 9.59 Å². The molecule has 2 aromatic heterocycles. The summed E-state index contributed by atoms with van der Waals surface area (Å²) < 4.78 is 4.66. The van der Waals surface area contributed by atoms with Crippen LogP contribution in [0.4, 0.5) is 0 Å². The minimum atomic E-state index is -0.378. The first-order valence-corrected chi connectivity index (χ1v) is 9.30. The van der Waals surface area contributed by atoms with Crippen molar-refractivity contribution >= 4 is 34.6 Å². The third kappa shape index (κ3) is 3.94. The van der Waals surface area contributed by atoms with Gasteiger partial charge in [0.25, 0.3) is 5.91 Å². The number of nitrogens with zero attached hydrogens (tertiary/aromatic N) is 1. The Bertz CT molecular complexity index is 884. The molecular formula is C18H16N2O3S2. The highest BCUT2D eigenvalue weighted by Crippen LogP contribution is 2.29. The Kier molecular flexibility index (Phi) is 5.25. The number of rotatable bonds is 5. The van der Waals surface area contributed by atoms with Crippen molar-refractivity contribution < 1.29 is 14.3 Å². The van der Waals surface area contributed by atoms with Crippen molar-refractivity contribution in [3.63, 3.8) is 0 Å². The normalized spacial score (nSPS) is 10.5. The standard InChI is InChI=1S/C18H16N2O3S2/c1-11-15(25-17(20-11)14-7-8-24-10-14)16(21)19-9-12-3-5-13(6-4-12)18(22)23-2/h3-8,10H,9H2,1-2H3,(H,19,21). The largest absolute Gasteiger partial charge is 0.465 e. The number of ether oxygens (including phenoxy) is 1. The van der Waals surface area contributed by atoms with Crippen LogP contribution in [0.1, 0.15) is 31.3 Å². The molecule has 5 nitrogen and oxygen atoms in total. The second-order valence-corrected chi connectivity index (χ2v) is 7.10. The lowest BCUT2D eigenvalue weighted by Gasteiger charge is -2.05. The molecule has 0 bridgehead atoms. The number of carbonyl (C=O) groups is 2. The molecule has 2 heterocycles. The van der Waals surface area contributed by atoms with Crippen LogP contribution in [0.5, 0.6) is 0 Å². The van der Waals surface area contributed by atoms with E-state index in [0.29, 0.717) is 17.0 Å². The van der Waals surface area contributed by atoms with E-state index in [1.165, 1.54) is 18.4 Å². The first kappa shape index (κ1) is 17.3. The minimum absolute atomic E-state index is 0.145. The van der Waals surface area contributed by atoms with Crippen molar-refractivity contribution in [2.75, 3.05) is 7.11 Å². The van der Waals surface area contributed by atoms with E-state index >= 15 is 0 Å². The topological polar surface area (TPSA) is 68.3 Å². The van der Waals surface area contributed by atoms with Crippen molar-refractivity contribution in [2.45, 2.75) is 13.5 Å². The Hall–Kier alpha value is -2.51. The van der Waals surface area contributed by atoms with E-state index in [1.807, 2.05) is 23.8 Å². The molecule has 1 amide bonds. The summed E-state index contributed by atoms with van der Waals surface area (Å²) in [6.45, 7) is 2.22. The molecule has 0 aliphatic heterocycles. The van der Waals surface area contributed by atoms with Crippen molar-refractivity contribution in [3.8, 4) is 10.6 Å². The van der Waals surface area contributed by atoms with Crippen LogP contribution in [0.3, 0.4) is 0 Å². The molecule has 25 heavy (non-hydrogen) atoms. The number of methoxy groups -OCH3 is 1. The molecule has 0 aliphatic carbocycles. The van der Waals surface area contributed by atoms with Gasteiger partial charge in [-0.2, -0.15) is 11.3 Å². The zero-order chi connectivity index (χ0) is 17.8. The third-order valence-corrected chi connectivity index (χ3v) is 5.49. The predicted octanol–water partition coefficient (Wildman–Crippen LogP) is 3.90. The number of aromatic nitrogens is 1. The monoisotopic (exact) mass is 372 g/mol. The van der Waals surface area contributed by atoms with Crippen LogP contribution >= 0.6 is 22.7 Å². The van der Waals surface area contributed by atoms with E-state index in [1.54, 1.807) is 35.6 Å². The lowest BCUT2D eigenvalue weighted by molar-refractivity contribution is 0.0600. The zero-order valence-corrected chi connectivity index (χ0v) is 15.4. The SMILES string of the molecule is COC(=O)c1ccc(CNC(=O)c2sc(-c3ccsc3)nc2C)cc1. The zero-order valence-electron chi connectivity index (χ0n) is 13.7. The van der Waals surface area contributed by atoms with Crippen molar-refractivity contribution in [1.82, 2.24) is 10.3 Å². The smallest absolute Gasteiger partial charge is 0.337 e. The van der Waals surface area contributed by atoms with Gasteiger partial charge in [-0.3, -0.25) is 4.79 Å². The maximum absolute atomic E-state index is 12.4. The van der Waals surface area contributed by atoms with Gasteiger partial charge in [0.15, 0.2) is 0 Å². The van der Waals surface area contributed by atoms with Crippen LogP contribution in [0.2, 0.25) is 0 Å². The molecule has 0 saturated carbocycles. The number of amides is 1. The maximum atomic E-state index is 12.4. The molecule has 7 heteroatoms. The minimum Gasteiger partial charge on any atom is -0.465 e. The Morgan fingerprint density at radius 1 is 1.20 bits per heavy atom. The van der Waals surface area contributed by atoms with Crippen LogP contribution in [-0.2, 0) is 11.3 Å². The van der Waals surface area contributed by atoms with E-state index in [0.717, 1.165) is 21.8 Å². The van der Waals surface area contributed by atoms with Crippen LogP contribution in [0.15, 0.2) is 41.1 Å². The highest BCUT2D eigenvalue weighted by atomic mass is 32.1. The first-order chi connectivity index (χ1) is 12.1. The van der Waals surface area contributed by atoms with E-state index in [4.69, 9.17) is 0 Å². The molecule has 128 valence electrons. The molecule has 0 spiro atoms. The van der Waals surface area contributed by atoms with Gasteiger partial charge in [-0.15, -0.1) is 11.3 Å². The summed E-state index contributed by atoms with van der Waals surface area (Å²) in [5, 5.41) is 7.75. The highest BCUT2D eigenvalue weighted by molar-refractivity contribution is 7.17. The summed E-state index contributed by atoms with van der Waals surface area (Å²) in [5.41, 5.74) is 3.15. The van der Waals surface area contributed by atoms with Gasteiger partial charge in [0.1, 0.15) is 9.88 Å². The van der Waals surface area contributed by atoms with Gasteiger partial charge >= 0.3 is 5.97 Å². The van der Waals surface area contributed by atoms with Crippen LogP contribution in [0, 0.1) is 6.92 Å². The van der Waals surface area contributed by atoms with Gasteiger partial charge in [0.05, 0.1) is 18.4 Å². The molecule has 3 rings (SSSR count). The predicted molar refractivity (Wildman–Crippen MR) is 99.1 cm³/mol. The van der Waals surface area contributed by atoms with Crippen molar-refractivity contribution in [2.24, 2.45) is 0 Å². The Morgan fingerprint density at radius 2 is 1.96 bits per heavy atom. The summed E-state index contributed by atoms with van der Waals surface area (Å²) in [7, 11) is 1.35. The van der Waals surface area contributed by atoms with Crippen LogP contribution < -0.4 is 5.32 Å². The molecule has 0 atom stereocenters. The fourth-order valence-corrected chi connectivity index (χ4v) is 3.95. The number of esters is 1. The molecular weight excluding hydrogens is 356 g/mol. The number of hydrogen-bond acceptors (Lipinski definition) is 6. The van der Waals surface area contributed by atoms with E-state index in [2.05, 4.69) is 15.0 Å². The molecule has 0 fully saturated rings. The lowest BCUT2D eigenvalue weighted by atomic mass is 10.1. The second kappa shape index (κ2) is 7.58. The molecule has 1 N–H and O–H groups in total. The number of carbonyl (C=O) groups excluding carboxylic acids is 2. The van der Waals surface area contributed by atoms with Gasteiger partial charge in [-0.25, -0.2) is 9.78 Å². The maximum Gasteiger partial charge on any atom is 0.337 e. The van der Waals surface area contributed by atoms with Gasteiger partial charge in [0, 0.05) is 17.5 Å². The van der Waals surface area contributed by atoms with E-state index < -0.39 is 0 Å². The summed E-state index contributed by atoms with van der Waals surface area (Å²) in [5.74, 6) is -0.523. The molecule has 0 unspecified atom stereocenters. The Labute approximate surface area is 153 Å². The molecule has 0 radical (unpaired) electrons. The van der Waals surface area contributed by atoms with Crippen LogP contribution in [-0.4, -0.2) is 24.0 Å². The van der Waals surface area contributed by atoms with Gasteiger partial charge in [0.2, 0.25) is 0 Å². The average Bonchev–Trinajstić information content (AvgIpc) is 3.29. The highest BCUT2D eigenvalue weighted by Gasteiger charge is 2.16. The van der Waals surface area contributed by atoms with Gasteiger partial charge < -0.3 is 10.1 Å². The number of nitrogens with one attached hydrogen (secondary N) is 1. The summed E-state index contributed by atoms with van der Waals surface area (Å²) in [4.78, 5) is 28.9. The molecule has 1 aromatic carbocycles. The lowest BCUT2D eigenvalue weighted by Crippen LogP contribution is -2.22. The Balaban J connectivity index is 1.66. The fourth-order valence-electron chi connectivity index (χ4n) is 2.26. The Morgan fingerprint density at radius 3 is 2.60 bits per heavy atom.